The summed E-state index contributed by atoms with van der Waals surface area (Å²) in [5, 5.41) is 3.86. The highest BCUT2D eigenvalue weighted by molar-refractivity contribution is 5.91. The maximum absolute atomic E-state index is 10.8. The van der Waals surface area contributed by atoms with Gasteiger partial charge in [-0.3, -0.25) is 4.79 Å². The van der Waals surface area contributed by atoms with Crippen molar-refractivity contribution in [3.05, 3.63) is 23.9 Å². The van der Waals surface area contributed by atoms with Crippen LogP contribution in [0.2, 0.25) is 0 Å². The highest BCUT2D eigenvalue weighted by atomic mass is 16.5. The van der Waals surface area contributed by atoms with Crippen LogP contribution in [0.25, 0.3) is 11.5 Å². The van der Waals surface area contributed by atoms with Crippen LogP contribution in [-0.4, -0.2) is 16.0 Å². The van der Waals surface area contributed by atoms with Crippen LogP contribution < -0.4 is 5.73 Å². The first-order valence-electron chi connectivity index (χ1n) is 4.96. The monoisotopic (exact) mass is 219 g/mol. The molecule has 1 saturated carbocycles. The van der Waals surface area contributed by atoms with Crippen molar-refractivity contribution < 1.29 is 13.7 Å². The Labute approximate surface area is 90.4 Å². The Morgan fingerprint density at radius 1 is 1.50 bits per heavy atom. The van der Waals surface area contributed by atoms with Crippen molar-refractivity contribution in [1.29, 1.82) is 0 Å². The third-order valence-corrected chi connectivity index (χ3v) is 2.47. The molecular weight excluding hydrogens is 210 g/mol. The van der Waals surface area contributed by atoms with Crippen LogP contribution >= 0.6 is 0 Å². The van der Waals surface area contributed by atoms with Crippen molar-refractivity contribution in [1.82, 2.24) is 10.1 Å². The number of nitrogens with zero attached hydrogens (tertiary/aromatic N) is 2. The van der Waals surface area contributed by atoms with Crippen molar-refractivity contribution in [3.63, 3.8) is 0 Å². The van der Waals surface area contributed by atoms with Crippen LogP contribution in [0.4, 0.5) is 0 Å². The molecule has 16 heavy (non-hydrogen) atoms. The Bertz CT molecular complexity index is 539. The summed E-state index contributed by atoms with van der Waals surface area (Å²) in [7, 11) is 0. The Hall–Kier alpha value is -2.11. The quantitative estimate of drug-likeness (QED) is 0.839. The Kier molecular flexibility index (Phi) is 1.82. The predicted octanol–water partition coefficient (Wildman–Crippen LogP) is 1.31. The molecule has 1 amide bonds. The summed E-state index contributed by atoms with van der Waals surface area (Å²) in [6.07, 6.45) is 3.60. The minimum absolute atomic E-state index is 0.0844. The zero-order valence-corrected chi connectivity index (χ0v) is 8.34. The van der Waals surface area contributed by atoms with Gasteiger partial charge in [0.25, 0.3) is 11.8 Å². The van der Waals surface area contributed by atoms with Gasteiger partial charge in [-0.1, -0.05) is 5.16 Å². The molecule has 3 rings (SSSR count). The number of carbonyl (C=O) groups excluding carboxylic acids is 1. The number of hydrogen-bond acceptors (Lipinski definition) is 5. The van der Waals surface area contributed by atoms with Crippen molar-refractivity contribution in [2.24, 2.45) is 5.73 Å². The lowest BCUT2D eigenvalue weighted by Crippen LogP contribution is -2.09. The number of hydrogen-bond donors (Lipinski definition) is 1. The summed E-state index contributed by atoms with van der Waals surface area (Å²) in [6.45, 7) is 0. The molecule has 0 atom stereocenters. The van der Waals surface area contributed by atoms with Gasteiger partial charge in [-0.15, -0.1) is 0 Å². The average Bonchev–Trinajstić information content (AvgIpc) is 2.83. The van der Waals surface area contributed by atoms with E-state index in [4.69, 9.17) is 14.7 Å². The number of furan rings is 1. The molecule has 6 nitrogen and oxygen atoms in total. The maximum atomic E-state index is 10.8. The smallest absolute Gasteiger partial charge is 0.284 e. The molecule has 2 heterocycles. The summed E-state index contributed by atoms with van der Waals surface area (Å²) in [5.41, 5.74) is 5.65. The number of aromatic nitrogens is 2. The first-order valence-corrected chi connectivity index (χ1v) is 4.96. The molecule has 0 radical (unpaired) electrons. The lowest BCUT2D eigenvalue weighted by Gasteiger charge is -1.83. The van der Waals surface area contributed by atoms with Crippen molar-refractivity contribution in [3.8, 4) is 11.5 Å². The van der Waals surface area contributed by atoms with Gasteiger partial charge in [0.15, 0.2) is 11.6 Å². The summed E-state index contributed by atoms with van der Waals surface area (Å²) >= 11 is 0. The fourth-order valence-corrected chi connectivity index (χ4v) is 1.44. The highest BCUT2D eigenvalue weighted by Gasteiger charge is 2.29. The molecule has 2 aromatic rings. The number of rotatable bonds is 3. The lowest BCUT2D eigenvalue weighted by molar-refractivity contribution is 0.0974. The van der Waals surface area contributed by atoms with E-state index in [9.17, 15) is 4.79 Å². The van der Waals surface area contributed by atoms with Gasteiger partial charge in [-0.2, -0.15) is 4.98 Å². The standard InChI is InChI=1S/C10H9N3O3/c11-8(14)7-3-6(4-15-7)10-12-9(13-16-10)5-1-2-5/h3-5H,1-2H2,(H2,11,14). The minimum Gasteiger partial charge on any atom is -0.458 e. The summed E-state index contributed by atoms with van der Waals surface area (Å²) < 4.78 is 10.0. The first kappa shape index (κ1) is 9.14. The summed E-state index contributed by atoms with van der Waals surface area (Å²) in [4.78, 5) is 15.1. The van der Waals surface area contributed by atoms with E-state index in [0.717, 1.165) is 18.7 Å². The average molecular weight is 219 g/mol. The van der Waals surface area contributed by atoms with Crippen LogP contribution in [0.3, 0.4) is 0 Å². The molecule has 0 aromatic carbocycles. The summed E-state index contributed by atoms with van der Waals surface area (Å²) in [5.74, 6) is 0.976. The van der Waals surface area contributed by atoms with Gasteiger partial charge in [-0.05, 0) is 12.8 Å². The number of carbonyl (C=O) groups is 1. The molecule has 2 aromatic heterocycles. The van der Waals surface area contributed by atoms with Crippen LogP contribution in [0.5, 0.6) is 0 Å². The zero-order chi connectivity index (χ0) is 11.1. The predicted molar refractivity (Wildman–Crippen MR) is 52.5 cm³/mol. The third-order valence-electron chi connectivity index (χ3n) is 2.47. The fraction of sp³-hybridized carbons (Fsp3) is 0.300. The SMILES string of the molecule is NC(=O)c1cc(-c2nc(C3CC3)no2)co1. The van der Waals surface area contributed by atoms with E-state index in [-0.39, 0.29) is 5.76 Å². The van der Waals surface area contributed by atoms with Crippen LogP contribution in [0.15, 0.2) is 21.3 Å². The molecule has 1 aliphatic rings. The molecule has 0 unspecified atom stereocenters. The molecule has 1 fully saturated rings. The van der Waals surface area contributed by atoms with Gasteiger partial charge < -0.3 is 14.7 Å². The molecule has 0 spiro atoms. The van der Waals surface area contributed by atoms with Gasteiger partial charge in [0.2, 0.25) is 0 Å². The molecule has 0 saturated heterocycles. The normalized spacial score (nSPS) is 15.2. The molecule has 82 valence electrons. The Balaban J connectivity index is 1.91. The topological polar surface area (TPSA) is 95.2 Å². The van der Waals surface area contributed by atoms with Gasteiger partial charge >= 0.3 is 0 Å². The zero-order valence-electron chi connectivity index (χ0n) is 8.34. The van der Waals surface area contributed by atoms with Crippen LogP contribution in [0, 0.1) is 0 Å². The number of primary amides is 1. The molecule has 6 heteroatoms. The Morgan fingerprint density at radius 3 is 2.94 bits per heavy atom. The maximum Gasteiger partial charge on any atom is 0.284 e. The second-order valence-corrected chi connectivity index (χ2v) is 3.80. The second kappa shape index (κ2) is 3.19. The summed E-state index contributed by atoms with van der Waals surface area (Å²) in [6, 6.07) is 1.49. The van der Waals surface area contributed by atoms with E-state index in [1.165, 1.54) is 12.3 Å². The van der Waals surface area contributed by atoms with E-state index in [0.29, 0.717) is 17.4 Å². The van der Waals surface area contributed by atoms with Crippen LogP contribution in [0.1, 0.15) is 35.1 Å². The van der Waals surface area contributed by atoms with E-state index < -0.39 is 5.91 Å². The lowest BCUT2D eigenvalue weighted by atomic mass is 10.3. The van der Waals surface area contributed by atoms with Crippen molar-refractivity contribution in [2.45, 2.75) is 18.8 Å². The molecule has 0 aliphatic heterocycles. The second-order valence-electron chi connectivity index (χ2n) is 3.80. The van der Waals surface area contributed by atoms with Gasteiger partial charge in [0.1, 0.15) is 6.26 Å². The van der Waals surface area contributed by atoms with E-state index in [1.54, 1.807) is 0 Å². The molecule has 0 bridgehead atoms. The van der Waals surface area contributed by atoms with Gasteiger partial charge in [0.05, 0.1) is 5.56 Å². The minimum atomic E-state index is -0.617. The molecule has 2 N–H and O–H groups in total. The van der Waals surface area contributed by atoms with E-state index >= 15 is 0 Å². The van der Waals surface area contributed by atoms with E-state index in [2.05, 4.69) is 10.1 Å². The van der Waals surface area contributed by atoms with Crippen molar-refractivity contribution >= 4 is 5.91 Å². The number of amides is 1. The van der Waals surface area contributed by atoms with E-state index in [1.807, 2.05) is 0 Å². The fourth-order valence-electron chi connectivity index (χ4n) is 1.44. The molecule has 1 aliphatic carbocycles. The third kappa shape index (κ3) is 1.48. The molecular formula is C10H9N3O3. The van der Waals surface area contributed by atoms with Gasteiger partial charge in [0, 0.05) is 12.0 Å². The van der Waals surface area contributed by atoms with Gasteiger partial charge in [-0.25, -0.2) is 0 Å². The number of nitrogens with two attached hydrogens (primary N) is 1. The highest BCUT2D eigenvalue weighted by Crippen LogP contribution is 2.38. The van der Waals surface area contributed by atoms with Crippen LogP contribution in [-0.2, 0) is 0 Å². The van der Waals surface area contributed by atoms with Crippen molar-refractivity contribution in [2.75, 3.05) is 0 Å². The largest absolute Gasteiger partial charge is 0.458 e. The Morgan fingerprint density at radius 2 is 2.31 bits per heavy atom. The first-order chi connectivity index (χ1) is 7.74.